The van der Waals surface area contributed by atoms with E-state index >= 15 is 0 Å². The molecule has 0 aliphatic rings. The number of alkyl halides is 3. The van der Waals surface area contributed by atoms with Gasteiger partial charge in [-0.1, -0.05) is 12.1 Å². The van der Waals surface area contributed by atoms with Crippen LogP contribution in [0.15, 0.2) is 24.3 Å². The molecule has 1 atom stereocenters. The second-order valence-corrected chi connectivity index (χ2v) is 5.31. The molecular formula is C15H23F3N2. The van der Waals surface area contributed by atoms with Gasteiger partial charge in [-0.3, -0.25) is 0 Å². The lowest BCUT2D eigenvalue weighted by Crippen LogP contribution is -2.21. The summed E-state index contributed by atoms with van der Waals surface area (Å²) in [7, 11) is 4.08. The number of benzene rings is 1. The summed E-state index contributed by atoms with van der Waals surface area (Å²) in [6.07, 6.45) is -2.09. The highest BCUT2D eigenvalue weighted by Crippen LogP contribution is 2.29. The lowest BCUT2D eigenvalue weighted by molar-refractivity contribution is -0.137. The van der Waals surface area contributed by atoms with E-state index in [0.717, 1.165) is 43.6 Å². The van der Waals surface area contributed by atoms with Crippen molar-refractivity contribution in [2.75, 3.05) is 27.2 Å². The van der Waals surface area contributed by atoms with Crippen molar-refractivity contribution in [3.8, 4) is 0 Å². The number of hydrogen-bond acceptors (Lipinski definition) is 2. The minimum Gasteiger partial charge on any atom is -0.310 e. The molecule has 0 heterocycles. The molecule has 0 saturated heterocycles. The Morgan fingerprint density at radius 2 is 1.70 bits per heavy atom. The Morgan fingerprint density at radius 3 is 2.20 bits per heavy atom. The summed E-state index contributed by atoms with van der Waals surface area (Å²) < 4.78 is 37.4. The number of unbranched alkanes of at least 4 members (excludes halogenated alkanes) is 1. The zero-order chi connectivity index (χ0) is 15.2. The molecule has 20 heavy (non-hydrogen) atoms. The van der Waals surface area contributed by atoms with Gasteiger partial charge in [0.25, 0.3) is 0 Å². The number of halogens is 3. The van der Waals surface area contributed by atoms with Gasteiger partial charge in [0, 0.05) is 6.04 Å². The van der Waals surface area contributed by atoms with Crippen LogP contribution in [-0.4, -0.2) is 32.1 Å². The van der Waals surface area contributed by atoms with Gasteiger partial charge in [0.2, 0.25) is 0 Å². The van der Waals surface area contributed by atoms with E-state index in [4.69, 9.17) is 0 Å². The molecule has 1 rings (SSSR count). The van der Waals surface area contributed by atoms with Gasteiger partial charge in [-0.05, 0) is 64.6 Å². The van der Waals surface area contributed by atoms with Crippen molar-refractivity contribution in [3.63, 3.8) is 0 Å². The predicted molar refractivity (Wildman–Crippen MR) is 75.6 cm³/mol. The minimum absolute atomic E-state index is 0.0663. The third kappa shape index (κ3) is 5.92. The van der Waals surface area contributed by atoms with Crippen LogP contribution in [0.5, 0.6) is 0 Å². The van der Waals surface area contributed by atoms with E-state index in [9.17, 15) is 13.2 Å². The fourth-order valence-corrected chi connectivity index (χ4v) is 1.95. The molecule has 0 spiro atoms. The molecule has 2 nitrogen and oxygen atoms in total. The van der Waals surface area contributed by atoms with Crippen LogP contribution in [0, 0.1) is 0 Å². The van der Waals surface area contributed by atoms with Crippen LogP contribution < -0.4 is 5.32 Å². The van der Waals surface area contributed by atoms with Crippen LogP contribution in [0.25, 0.3) is 0 Å². The van der Waals surface area contributed by atoms with Crippen molar-refractivity contribution in [2.45, 2.75) is 32.0 Å². The maximum atomic E-state index is 12.5. The third-order valence-electron chi connectivity index (χ3n) is 3.22. The SMILES string of the molecule is CC(NCCCCN(C)C)c1ccc(C(F)(F)F)cc1. The van der Waals surface area contributed by atoms with E-state index in [2.05, 4.69) is 10.2 Å². The molecule has 0 aliphatic heterocycles. The molecule has 1 aromatic carbocycles. The highest BCUT2D eigenvalue weighted by atomic mass is 19.4. The molecule has 1 unspecified atom stereocenters. The summed E-state index contributed by atoms with van der Waals surface area (Å²) in [4.78, 5) is 2.14. The first kappa shape index (κ1) is 17.0. The summed E-state index contributed by atoms with van der Waals surface area (Å²) in [5.74, 6) is 0. The van der Waals surface area contributed by atoms with Gasteiger partial charge in [0.15, 0.2) is 0 Å². The lowest BCUT2D eigenvalue weighted by Gasteiger charge is -2.16. The standard InChI is InChI=1S/C15H23F3N2/c1-12(19-10-4-5-11-20(2)3)13-6-8-14(9-7-13)15(16,17)18/h6-9,12,19H,4-5,10-11H2,1-3H3. The summed E-state index contributed by atoms with van der Waals surface area (Å²) in [5.41, 5.74) is 0.282. The zero-order valence-corrected chi connectivity index (χ0v) is 12.3. The molecular weight excluding hydrogens is 265 g/mol. The maximum Gasteiger partial charge on any atom is 0.416 e. The first-order chi connectivity index (χ1) is 9.30. The van der Waals surface area contributed by atoms with Gasteiger partial charge in [-0.25, -0.2) is 0 Å². The topological polar surface area (TPSA) is 15.3 Å². The molecule has 1 N–H and O–H groups in total. The van der Waals surface area contributed by atoms with Crippen LogP contribution in [0.3, 0.4) is 0 Å². The van der Waals surface area contributed by atoms with Gasteiger partial charge in [0.05, 0.1) is 5.56 Å². The molecule has 0 amide bonds. The predicted octanol–water partition coefficient (Wildman–Crippen LogP) is 3.70. The Hall–Kier alpha value is -1.07. The molecule has 114 valence electrons. The van der Waals surface area contributed by atoms with Crippen molar-refractivity contribution in [1.29, 1.82) is 0 Å². The Balaban J connectivity index is 2.38. The first-order valence-corrected chi connectivity index (χ1v) is 6.86. The smallest absolute Gasteiger partial charge is 0.310 e. The Bertz CT molecular complexity index is 385. The summed E-state index contributed by atoms with van der Waals surface area (Å²) in [6, 6.07) is 5.43. The molecule has 1 aromatic rings. The van der Waals surface area contributed by atoms with E-state index < -0.39 is 11.7 Å². The molecule has 0 aromatic heterocycles. The van der Waals surface area contributed by atoms with E-state index in [1.54, 1.807) is 12.1 Å². The molecule has 0 bridgehead atoms. The van der Waals surface area contributed by atoms with Crippen LogP contribution in [0.1, 0.15) is 36.9 Å². The van der Waals surface area contributed by atoms with Gasteiger partial charge in [0.1, 0.15) is 0 Å². The van der Waals surface area contributed by atoms with Crippen LogP contribution in [-0.2, 0) is 6.18 Å². The quantitative estimate of drug-likeness (QED) is 0.770. The van der Waals surface area contributed by atoms with E-state index in [1.807, 2.05) is 21.0 Å². The Kier molecular flexibility index (Phi) is 6.49. The summed E-state index contributed by atoms with van der Waals surface area (Å²) in [5, 5.41) is 3.33. The number of hydrogen-bond donors (Lipinski definition) is 1. The monoisotopic (exact) mass is 288 g/mol. The highest BCUT2D eigenvalue weighted by molar-refractivity contribution is 5.26. The fourth-order valence-electron chi connectivity index (χ4n) is 1.95. The highest BCUT2D eigenvalue weighted by Gasteiger charge is 2.30. The van der Waals surface area contributed by atoms with Crippen molar-refractivity contribution < 1.29 is 13.2 Å². The van der Waals surface area contributed by atoms with Gasteiger partial charge in [-0.15, -0.1) is 0 Å². The Morgan fingerprint density at radius 1 is 1.10 bits per heavy atom. The van der Waals surface area contributed by atoms with E-state index in [0.29, 0.717) is 0 Å². The number of nitrogens with zero attached hydrogens (tertiary/aromatic N) is 1. The summed E-state index contributed by atoms with van der Waals surface area (Å²) >= 11 is 0. The average molecular weight is 288 g/mol. The number of rotatable bonds is 7. The van der Waals surface area contributed by atoms with E-state index in [1.165, 1.54) is 0 Å². The Labute approximate surface area is 119 Å². The minimum atomic E-state index is -4.26. The van der Waals surface area contributed by atoms with Crippen molar-refractivity contribution in [3.05, 3.63) is 35.4 Å². The molecule has 0 aliphatic carbocycles. The van der Waals surface area contributed by atoms with Gasteiger partial charge < -0.3 is 10.2 Å². The summed E-state index contributed by atoms with van der Waals surface area (Å²) in [6.45, 7) is 3.89. The lowest BCUT2D eigenvalue weighted by atomic mass is 10.1. The van der Waals surface area contributed by atoms with Crippen molar-refractivity contribution >= 4 is 0 Å². The van der Waals surface area contributed by atoms with Gasteiger partial charge >= 0.3 is 6.18 Å². The molecule has 0 fully saturated rings. The van der Waals surface area contributed by atoms with Crippen molar-refractivity contribution in [1.82, 2.24) is 10.2 Å². The molecule has 0 saturated carbocycles. The maximum absolute atomic E-state index is 12.5. The van der Waals surface area contributed by atoms with Crippen LogP contribution in [0.2, 0.25) is 0 Å². The van der Waals surface area contributed by atoms with Crippen LogP contribution >= 0.6 is 0 Å². The zero-order valence-electron chi connectivity index (χ0n) is 12.3. The fraction of sp³-hybridized carbons (Fsp3) is 0.600. The van der Waals surface area contributed by atoms with Gasteiger partial charge in [-0.2, -0.15) is 13.2 Å². The first-order valence-electron chi connectivity index (χ1n) is 6.86. The number of nitrogens with one attached hydrogen (secondary N) is 1. The molecule has 5 heteroatoms. The van der Waals surface area contributed by atoms with Crippen LogP contribution in [0.4, 0.5) is 13.2 Å². The largest absolute Gasteiger partial charge is 0.416 e. The van der Waals surface area contributed by atoms with Crippen molar-refractivity contribution in [2.24, 2.45) is 0 Å². The normalized spacial score (nSPS) is 13.8. The third-order valence-corrected chi connectivity index (χ3v) is 3.22. The second kappa shape index (κ2) is 7.64. The second-order valence-electron chi connectivity index (χ2n) is 5.31. The van der Waals surface area contributed by atoms with E-state index in [-0.39, 0.29) is 6.04 Å². The average Bonchev–Trinajstić information content (AvgIpc) is 2.37. The molecule has 0 radical (unpaired) electrons.